The summed E-state index contributed by atoms with van der Waals surface area (Å²) in [6.07, 6.45) is 8.14. The van der Waals surface area contributed by atoms with E-state index >= 15 is 0 Å². The minimum Gasteiger partial charge on any atom is -0.465 e. The van der Waals surface area contributed by atoms with Crippen LogP contribution >= 0.6 is 0 Å². The number of carbonyl (C=O) groups is 2. The maximum atomic E-state index is 12.3. The maximum Gasteiger partial charge on any atom is 0.305 e. The molecule has 2 saturated carbocycles. The fourth-order valence-corrected chi connectivity index (χ4v) is 4.85. The second-order valence-corrected chi connectivity index (χ2v) is 11.3. The van der Waals surface area contributed by atoms with Gasteiger partial charge in [-0.1, -0.05) is 0 Å². The number of azo groups is 1. The molecule has 0 aliphatic heterocycles. The van der Waals surface area contributed by atoms with Crippen molar-refractivity contribution in [1.82, 2.24) is 0 Å². The van der Waals surface area contributed by atoms with E-state index in [2.05, 4.69) is 22.4 Å². The molecule has 2 rings (SSSR count). The first-order valence-corrected chi connectivity index (χ1v) is 13.9. The van der Waals surface area contributed by atoms with E-state index in [4.69, 9.17) is 14.2 Å². The van der Waals surface area contributed by atoms with Gasteiger partial charge in [0, 0.05) is 26.6 Å². The zero-order valence-electron chi connectivity index (χ0n) is 23.2. The van der Waals surface area contributed by atoms with Gasteiger partial charge in [0.15, 0.2) is 11.1 Å². The quantitative estimate of drug-likeness (QED) is 0.250. The second kappa shape index (κ2) is 15.8. The third-order valence-corrected chi connectivity index (χ3v) is 7.92. The molecule has 0 aromatic rings. The molecule has 10 heteroatoms. The first-order chi connectivity index (χ1) is 18.1. The van der Waals surface area contributed by atoms with Crippen LogP contribution in [0.2, 0.25) is 0 Å². The molecule has 0 spiro atoms. The molecule has 2 fully saturated rings. The van der Waals surface area contributed by atoms with Crippen LogP contribution in [-0.4, -0.2) is 61.2 Å². The lowest BCUT2D eigenvalue weighted by molar-refractivity contribution is -0.146. The van der Waals surface area contributed by atoms with E-state index in [1.54, 1.807) is 21.0 Å². The molecule has 0 radical (unpaired) electrons. The first kappa shape index (κ1) is 31.7. The van der Waals surface area contributed by atoms with Gasteiger partial charge in [0.1, 0.15) is 0 Å². The fourth-order valence-electron chi connectivity index (χ4n) is 4.85. The third kappa shape index (κ3) is 11.0. The molecule has 38 heavy (non-hydrogen) atoms. The predicted octanol–water partition coefficient (Wildman–Crippen LogP) is 4.65. The van der Waals surface area contributed by atoms with Gasteiger partial charge in [0.25, 0.3) is 0 Å². The molecule has 2 aliphatic rings. The topological polar surface area (TPSA) is 154 Å². The summed E-state index contributed by atoms with van der Waals surface area (Å²) in [5.74, 6) is 0.201. The number of methoxy groups -OCH3 is 1. The SMILES string of the molecule is COC1CCC(COC(=O)CCC(C)(C#N)N=NC(C)(C#N)CCC(=O)OCC2CCC(CO)CC2)CC1. The third-order valence-electron chi connectivity index (χ3n) is 7.92. The number of aliphatic hydroxyl groups excluding tert-OH is 1. The van der Waals surface area contributed by atoms with Crippen molar-refractivity contribution < 1.29 is 28.9 Å². The smallest absolute Gasteiger partial charge is 0.305 e. The Labute approximate surface area is 226 Å². The minimum absolute atomic E-state index is 0.0109. The summed E-state index contributed by atoms with van der Waals surface area (Å²) in [6.45, 7) is 4.04. The molecule has 10 nitrogen and oxygen atoms in total. The van der Waals surface area contributed by atoms with Gasteiger partial charge in [-0.05, 0) is 95.8 Å². The van der Waals surface area contributed by atoms with E-state index in [1.165, 1.54) is 0 Å². The molecular formula is C28H44N4O6. The van der Waals surface area contributed by atoms with Crippen molar-refractivity contribution in [1.29, 1.82) is 10.5 Å². The van der Waals surface area contributed by atoms with E-state index in [-0.39, 0.29) is 44.4 Å². The van der Waals surface area contributed by atoms with Gasteiger partial charge in [0.05, 0.1) is 31.5 Å². The minimum atomic E-state index is -1.29. The van der Waals surface area contributed by atoms with E-state index in [9.17, 15) is 25.2 Å². The van der Waals surface area contributed by atoms with Crippen molar-refractivity contribution in [2.24, 2.45) is 28.0 Å². The molecule has 0 saturated heterocycles. The Hall–Kier alpha value is -2.56. The highest BCUT2D eigenvalue weighted by Crippen LogP contribution is 2.29. The van der Waals surface area contributed by atoms with Gasteiger partial charge in [0.2, 0.25) is 0 Å². The molecule has 0 bridgehead atoms. The number of aliphatic hydroxyl groups is 1. The summed E-state index contributed by atoms with van der Waals surface area (Å²) in [5.41, 5.74) is -2.58. The molecule has 0 amide bonds. The zero-order chi connectivity index (χ0) is 28.0. The van der Waals surface area contributed by atoms with Crippen molar-refractivity contribution in [2.45, 2.75) is 108 Å². The number of rotatable bonds is 14. The number of nitriles is 2. The highest BCUT2D eigenvalue weighted by atomic mass is 16.5. The Morgan fingerprint density at radius 3 is 1.55 bits per heavy atom. The molecule has 2 atom stereocenters. The van der Waals surface area contributed by atoms with E-state index in [1.807, 2.05) is 0 Å². The van der Waals surface area contributed by atoms with Crippen molar-refractivity contribution in [3.05, 3.63) is 0 Å². The molecule has 0 aromatic carbocycles. The number of hydrogen-bond donors (Lipinski definition) is 1. The van der Waals surface area contributed by atoms with E-state index in [0.717, 1.165) is 51.4 Å². The van der Waals surface area contributed by atoms with Crippen molar-refractivity contribution in [3.63, 3.8) is 0 Å². The Morgan fingerprint density at radius 2 is 1.18 bits per heavy atom. The average Bonchev–Trinajstić information content (AvgIpc) is 2.96. The van der Waals surface area contributed by atoms with Gasteiger partial charge < -0.3 is 19.3 Å². The lowest BCUT2D eigenvalue weighted by Crippen LogP contribution is -2.27. The number of carbonyl (C=O) groups excluding carboxylic acids is 2. The van der Waals surface area contributed by atoms with Crippen LogP contribution < -0.4 is 0 Å². The summed E-state index contributed by atoms with van der Waals surface area (Å²) in [5, 5.41) is 36.8. The Kier molecular flexibility index (Phi) is 13.1. The summed E-state index contributed by atoms with van der Waals surface area (Å²) in [4.78, 5) is 24.5. The van der Waals surface area contributed by atoms with Crippen LogP contribution in [0, 0.1) is 40.4 Å². The van der Waals surface area contributed by atoms with Crippen LogP contribution in [0.25, 0.3) is 0 Å². The molecule has 2 unspecified atom stereocenters. The van der Waals surface area contributed by atoms with Gasteiger partial charge in [-0.25, -0.2) is 0 Å². The Balaban J connectivity index is 1.74. The Bertz CT molecular complexity index is 798. The zero-order valence-corrected chi connectivity index (χ0v) is 23.2. The van der Waals surface area contributed by atoms with Crippen molar-refractivity contribution in [3.8, 4) is 12.1 Å². The number of nitrogens with zero attached hydrogens (tertiary/aromatic N) is 4. The van der Waals surface area contributed by atoms with Gasteiger partial charge in [-0.15, -0.1) is 0 Å². The first-order valence-electron chi connectivity index (χ1n) is 13.9. The van der Waals surface area contributed by atoms with Crippen molar-refractivity contribution >= 4 is 11.9 Å². The number of ether oxygens (including phenoxy) is 3. The lowest BCUT2D eigenvalue weighted by Gasteiger charge is -2.27. The number of hydrogen-bond acceptors (Lipinski definition) is 10. The van der Waals surface area contributed by atoms with Gasteiger partial charge >= 0.3 is 11.9 Å². The average molecular weight is 533 g/mol. The summed E-state index contributed by atoms with van der Waals surface area (Å²) >= 11 is 0. The van der Waals surface area contributed by atoms with Crippen LogP contribution in [0.5, 0.6) is 0 Å². The van der Waals surface area contributed by atoms with Crippen LogP contribution in [-0.2, 0) is 23.8 Å². The standard InChI is InChI=1S/C28H44N4O6/c1-27(19-29,14-12-25(34)37-17-22-6-4-21(16-33)5-7-22)31-32-28(2,20-30)15-13-26(35)38-18-23-8-10-24(36-3)11-9-23/h21-24,33H,4-18H2,1-3H3. The van der Waals surface area contributed by atoms with Crippen LogP contribution in [0.15, 0.2) is 10.2 Å². The largest absolute Gasteiger partial charge is 0.465 e. The van der Waals surface area contributed by atoms with Gasteiger partial charge in [-0.3, -0.25) is 9.59 Å². The lowest BCUT2D eigenvalue weighted by atomic mass is 9.83. The highest BCUT2D eigenvalue weighted by Gasteiger charge is 2.31. The van der Waals surface area contributed by atoms with Crippen LogP contribution in [0.1, 0.15) is 90.9 Å². The second-order valence-electron chi connectivity index (χ2n) is 11.3. The summed E-state index contributed by atoms with van der Waals surface area (Å²) in [6, 6.07) is 4.15. The van der Waals surface area contributed by atoms with Crippen LogP contribution in [0.3, 0.4) is 0 Å². The van der Waals surface area contributed by atoms with E-state index in [0.29, 0.717) is 31.0 Å². The maximum absolute atomic E-state index is 12.3. The Morgan fingerprint density at radius 1 is 0.789 bits per heavy atom. The summed E-state index contributed by atoms with van der Waals surface area (Å²) < 4.78 is 16.2. The number of esters is 2. The molecule has 212 valence electrons. The monoisotopic (exact) mass is 532 g/mol. The van der Waals surface area contributed by atoms with E-state index < -0.39 is 17.0 Å². The summed E-state index contributed by atoms with van der Waals surface area (Å²) in [7, 11) is 1.72. The van der Waals surface area contributed by atoms with Gasteiger partial charge in [-0.2, -0.15) is 20.8 Å². The highest BCUT2D eigenvalue weighted by molar-refractivity contribution is 5.70. The molecular weight excluding hydrogens is 488 g/mol. The van der Waals surface area contributed by atoms with Crippen LogP contribution in [0.4, 0.5) is 0 Å². The van der Waals surface area contributed by atoms with Crippen molar-refractivity contribution in [2.75, 3.05) is 26.9 Å². The molecule has 2 aliphatic carbocycles. The predicted molar refractivity (Wildman–Crippen MR) is 139 cm³/mol. The fraction of sp³-hybridized carbons (Fsp3) is 0.857. The normalized spacial score (nSPS) is 26.9. The molecule has 0 heterocycles. The molecule has 1 N–H and O–H groups in total. The molecule has 0 aromatic heterocycles.